The average Bonchev–Trinajstić information content (AvgIpc) is 2.74. The number of fused-ring (bicyclic) bond motifs is 1. The highest BCUT2D eigenvalue weighted by atomic mass is 16.5. The summed E-state index contributed by atoms with van der Waals surface area (Å²) < 4.78 is 10.2. The molecule has 0 bridgehead atoms. The molecule has 22 heavy (non-hydrogen) atoms. The van der Waals surface area contributed by atoms with E-state index in [1.54, 1.807) is 24.1 Å². The number of methoxy groups -OCH3 is 2. The van der Waals surface area contributed by atoms with Crippen molar-refractivity contribution in [3.05, 3.63) is 35.4 Å². The molecule has 1 heterocycles. The molecule has 1 unspecified atom stereocenters. The van der Waals surface area contributed by atoms with Crippen molar-refractivity contribution in [2.75, 3.05) is 26.2 Å². The summed E-state index contributed by atoms with van der Waals surface area (Å²) in [7, 11) is 4.55. The Morgan fingerprint density at radius 3 is 2.55 bits per heavy atom. The Balaban J connectivity index is 2.65. The molecular formula is C17H21NO4. The number of ether oxygens (including phenoxy) is 2. The van der Waals surface area contributed by atoms with Gasteiger partial charge in [-0.25, -0.2) is 4.79 Å². The van der Waals surface area contributed by atoms with Gasteiger partial charge in [-0.2, -0.15) is 0 Å². The highest BCUT2D eigenvalue weighted by molar-refractivity contribution is 6.26. The molecule has 5 heteroatoms. The van der Waals surface area contributed by atoms with Crippen molar-refractivity contribution in [2.45, 2.75) is 25.8 Å². The molecule has 0 amide bonds. The number of Topliss-reactive ketones (excluding diaryl/α,β-unsaturated/α-hetero) is 1. The summed E-state index contributed by atoms with van der Waals surface area (Å²) >= 11 is 0. The summed E-state index contributed by atoms with van der Waals surface area (Å²) in [4.78, 5) is 27.2. The largest absolute Gasteiger partial charge is 0.496 e. The van der Waals surface area contributed by atoms with Crippen LogP contribution in [0.4, 0.5) is 5.69 Å². The van der Waals surface area contributed by atoms with Crippen LogP contribution in [-0.4, -0.2) is 38.6 Å². The molecule has 0 aromatic heterocycles. The van der Waals surface area contributed by atoms with Crippen molar-refractivity contribution in [3.63, 3.8) is 0 Å². The fourth-order valence-electron chi connectivity index (χ4n) is 2.83. The highest BCUT2D eigenvalue weighted by Crippen LogP contribution is 2.44. The summed E-state index contributed by atoms with van der Waals surface area (Å²) in [5.41, 5.74) is 0.771. The first-order valence-electron chi connectivity index (χ1n) is 7.07. The lowest BCUT2D eigenvalue weighted by molar-refractivity contribution is -0.144. The Morgan fingerprint density at radius 2 is 2.00 bits per heavy atom. The number of rotatable bonds is 4. The van der Waals surface area contributed by atoms with Gasteiger partial charge in [-0.15, -0.1) is 0 Å². The monoisotopic (exact) mass is 303 g/mol. The third kappa shape index (κ3) is 2.17. The molecule has 2 rings (SSSR count). The van der Waals surface area contributed by atoms with Gasteiger partial charge in [0, 0.05) is 13.5 Å². The van der Waals surface area contributed by atoms with Crippen molar-refractivity contribution in [3.8, 4) is 5.75 Å². The molecule has 1 aromatic carbocycles. The maximum atomic E-state index is 13.1. The summed E-state index contributed by atoms with van der Waals surface area (Å²) in [6, 6.07) is 5.33. The number of carbonyl (C=O) groups excluding carboxylic acids is 2. The molecule has 0 fully saturated rings. The van der Waals surface area contributed by atoms with Crippen molar-refractivity contribution in [2.24, 2.45) is 0 Å². The molecule has 1 atom stereocenters. The van der Waals surface area contributed by atoms with Crippen LogP contribution in [0, 0.1) is 0 Å². The number of anilines is 1. The minimum Gasteiger partial charge on any atom is -0.496 e. The number of hydrogen-bond donors (Lipinski definition) is 0. The first-order chi connectivity index (χ1) is 10.4. The Morgan fingerprint density at radius 1 is 1.32 bits per heavy atom. The molecule has 0 saturated heterocycles. The van der Waals surface area contributed by atoms with E-state index in [-0.39, 0.29) is 12.2 Å². The lowest BCUT2D eigenvalue weighted by Gasteiger charge is -2.32. The number of allylic oxidation sites excluding steroid dienone is 1. The minimum atomic E-state index is -1.37. The fraction of sp³-hybridized carbons (Fsp3) is 0.412. The van der Waals surface area contributed by atoms with E-state index in [0.717, 1.165) is 5.57 Å². The Labute approximate surface area is 130 Å². The molecule has 0 N–H and O–H groups in total. The second kappa shape index (κ2) is 5.83. The van der Waals surface area contributed by atoms with Crippen LogP contribution in [0.3, 0.4) is 0 Å². The van der Waals surface area contributed by atoms with E-state index in [2.05, 4.69) is 0 Å². The summed E-state index contributed by atoms with van der Waals surface area (Å²) in [6.07, 6.45) is 2.14. The van der Waals surface area contributed by atoms with E-state index in [0.29, 0.717) is 17.0 Å². The molecular weight excluding hydrogens is 282 g/mol. The average molecular weight is 303 g/mol. The van der Waals surface area contributed by atoms with Crippen LogP contribution in [0.15, 0.2) is 29.8 Å². The topological polar surface area (TPSA) is 55.8 Å². The first kappa shape index (κ1) is 16.1. The van der Waals surface area contributed by atoms with Gasteiger partial charge in [-0.1, -0.05) is 17.7 Å². The summed E-state index contributed by atoms with van der Waals surface area (Å²) in [6.45, 7) is 3.86. The zero-order valence-electron chi connectivity index (χ0n) is 13.6. The van der Waals surface area contributed by atoms with Gasteiger partial charge >= 0.3 is 5.97 Å². The fourth-order valence-corrected chi connectivity index (χ4v) is 2.83. The summed E-state index contributed by atoms with van der Waals surface area (Å²) in [5, 5.41) is 0. The van der Waals surface area contributed by atoms with E-state index >= 15 is 0 Å². The number of esters is 1. The quantitative estimate of drug-likeness (QED) is 0.486. The lowest BCUT2D eigenvalue weighted by atomic mass is 9.88. The standard InChI is InChI=1S/C17H21NO4/c1-11(2)9-10-17(16(20)22-5)15(19)14-12(18(17)3)7-6-8-13(14)21-4/h6-9H,10H2,1-5H3. The molecule has 1 aromatic rings. The maximum absolute atomic E-state index is 13.1. The van der Waals surface area contributed by atoms with Crippen LogP contribution in [0.25, 0.3) is 0 Å². The van der Waals surface area contributed by atoms with Gasteiger partial charge < -0.3 is 14.4 Å². The van der Waals surface area contributed by atoms with Gasteiger partial charge in [0.15, 0.2) is 0 Å². The minimum absolute atomic E-state index is 0.259. The number of hydrogen-bond acceptors (Lipinski definition) is 5. The predicted octanol–water partition coefficient (Wildman–Crippen LogP) is 2.60. The van der Waals surface area contributed by atoms with Gasteiger partial charge in [0.25, 0.3) is 0 Å². The number of ketones is 1. The summed E-state index contributed by atoms with van der Waals surface area (Å²) in [5.74, 6) is -0.375. The zero-order chi connectivity index (χ0) is 16.5. The Bertz CT molecular complexity index is 646. The predicted molar refractivity (Wildman–Crippen MR) is 84.5 cm³/mol. The lowest BCUT2D eigenvalue weighted by Crippen LogP contribution is -2.55. The van der Waals surface area contributed by atoms with Crippen LogP contribution in [0.5, 0.6) is 5.75 Å². The van der Waals surface area contributed by atoms with Crippen LogP contribution in [-0.2, 0) is 9.53 Å². The van der Waals surface area contributed by atoms with Gasteiger partial charge in [0.2, 0.25) is 11.3 Å². The number of benzene rings is 1. The maximum Gasteiger partial charge on any atom is 0.340 e. The van der Waals surface area contributed by atoms with Crippen LogP contribution < -0.4 is 9.64 Å². The molecule has 0 aliphatic carbocycles. The van der Waals surface area contributed by atoms with Gasteiger partial charge in [-0.05, 0) is 26.0 Å². The van der Waals surface area contributed by atoms with Crippen LogP contribution in [0.1, 0.15) is 30.6 Å². The van der Waals surface area contributed by atoms with E-state index in [1.165, 1.54) is 14.2 Å². The van der Waals surface area contributed by atoms with Crippen molar-refractivity contribution in [1.82, 2.24) is 0 Å². The molecule has 0 saturated carbocycles. The SMILES string of the molecule is COC(=O)C1(CC=C(C)C)C(=O)c2c(OC)cccc2N1C. The number of carbonyl (C=O) groups is 2. The second-order valence-electron chi connectivity index (χ2n) is 5.58. The first-order valence-corrected chi connectivity index (χ1v) is 7.07. The van der Waals surface area contributed by atoms with Gasteiger partial charge in [-0.3, -0.25) is 4.79 Å². The van der Waals surface area contributed by atoms with E-state index in [1.807, 2.05) is 26.0 Å². The third-order valence-electron chi connectivity index (χ3n) is 4.09. The Kier molecular flexibility index (Phi) is 4.26. The molecule has 1 aliphatic rings. The molecule has 0 radical (unpaired) electrons. The van der Waals surface area contributed by atoms with Crippen molar-refractivity contribution in [1.29, 1.82) is 0 Å². The Hall–Kier alpha value is -2.30. The smallest absolute Gasteiger partial charge is 0.340 e. The van der Waals surface area contributed by atoms with E-state index in [4.69, 9.17) is 9.47 Å². The molecule has 0 spiro atoms. The number of nitrogens with zero attached hydrogens (tertiary/aromatic N) is 1. The number of likely N-dealkylation sites (N-methyl/N-ethyl adjacent to an activating group) is 1. The van der Waals surface area contributed by atoms with Crippen molar-refractivity contribution < 1.29 is 19.1 Å². The normalized spacial score (nSPS) is 19.7. The van der Waals surface area contributed by atoms with Crippen LogP contribution in [0.2, 0.25) is 0 Å². The second-order valence-corrected chi connectivity index (χ2v) is 5.58. The van der Waals surface area contributed by atoms with E-state index in [9.17, 15) is 9.59 Å². The van der Waals surface area contributed by atoms with Crippen molar-refractivity contribution >= 4 is 17.4 Å². The highest BCUT2D eigenvalue weighted by Gasteiger charge is 2.56. The molecule has 1 aliphatic heterocycles. The molecule has 5 nitrogen and oxygen atoms in total. The zero-order valence-corrected chi connectivity index (χ0v) is 13.6. The molecule has 118 valence electrons. The van der Waals surface area contributed by atoms with Gasteiger partial charge in [0.05, 0.1) is 25.5 Å². The van der Waals surface area contributed by atoms with E-state index < -0.39 is 11.5 Å². The van der Waals surface area contributed by atoms with Gasteiger partial charge in [0.1, 0.15) is 5.75 Å². The third-order valence-corrected chi connectivity index (χ3v) is 4.09. The van der Waals surface area contributed by atoms with Crippen LogP contribution >= 0.6 is 0 Å².